The van der Waals surface area contributed by atoms with Crippen LogP contribution in [0.4, 0.5) is 0 Å². The van der Waals surface area contributed by atoms with E-state index in [1.165, 1.54) is 5.57 Å². The molecule has 0 aliphatic carbocycles. The normalized spacial score (nSPS) is 12.3. The van der Waals surface area contributed by atoms with Gasteiger partial charge in [-0.25, -0.2) is 0 Å². The third-order valence-corrected chi connectivity index (χ3v) is 3.17. The predicted molar refractivity (Wildman–Crippen MR) is 85.5 cm³/mol. The van der Waals surface area contributed by atoms with Crippen molar-refractivity contribution in [3.05, 3.63) is 53.1 Å². The lowest BCUT2D eigenvalue weighted by molar-refractivity contribution is -0.104. The molecule has 1 rings (SSSR count). The second-order valence-corrected chi connectivity index (χ2v) is 5.02. The second-order valence-electron chi connectivity index (χ2n) is 5.02. The Balaban J connectivity index is 2.25. The van der Waals surface area contributed by atoms with Gasteiger partial charge in [0.25, 0.3) is 0 Å². The van der Waals surface area contributed by atoms with Crippen LogP contribution in [-0.2, 0) is 16.1 Å². The van der Waals surface area contributed by atoms with Gasteiger partial charge >= 0.3 is 0 Å². The number of rotatable bonds is 9. The minimum absolute atomic E-state index is 0.595. The monoisotopic (exact) mass is 288 g/mol. The summed E-state index contributed by atoms with van der Waals surface area (Å²) in [6, 6.07) is 7.87. The van der Waals surface area contributed by atoms with Crippen LogP contribution in [0.15, 0.2) is 47.6 Å². The third kappa shape index (κ3) is 7.47. The maximum atomic E-state index is 10.5. The van der Waals surface area contributed by atoms with Crippen molar-refractivity contribution < 1.29 is 14.3 Å². The number of ether oxygens (including phenoxy) is 2. The van der Waals surface area contributed by atoms with E-state index in [4.69, 9.17) is 9.47 Å². The molecule has 0 atom stereocenters. The van der Waals surface area contributed by atoms with Crippen LogP contribution in [0, 0.1) is 0 Å². The van der Waals surface area contributed by atoms with Gasteiger partial charge in [0.2, 0.25) is 0 Å². The Morgan fingerprint density at radius 1 is 1.14 bits per heavy atom. The molecular formula is C18H24O3. The largest absolute Gasteiger partial charge is 0.497 e. The lowest BCUT2D eigenvalue weighted by Gasteiger charge is -2.04. The smallest absolute Gasteiger partial charge is 0.145 e. The van der Waals surface area contributed by atoms with Gasteiger partial charge in [0.15, 0.2) is 0 Å². The van der Waals surface area contributed by atoms with E-state index in [1.807, 2.05) is 37.3 Å². The van der Waals surface area contributed by atoms with Crippen LogP contribution < -0.4 is 4.74 Å². The van der Waals surface area contributed by atoms with Gasteiger partial charge in [-0.2, -0.15) is 0 Å². The molecule has 0 unspecified atom stereocenters. The molecule has 1 aromatic rings. The van der Waals surface area contributed by atoms with Gasteiger partial charge in [-0.3, -0.25) is 4.79 Å². The van der Waals surface area contributed by atoms with Crippen molar-refractivity contribution in [2.24, 2.45) is 0 Å². The fourth-order valence-corrected chi connectivity index (χ4v) is 1.78. The second kappa shape index (κ2) is 9.94. The maximum absolute atomic E-state index is 10.5. The highest BCUT2D eigenvalue weighted by Gasteiger charge is 1.95. The summed E-state index contributed by atoms with van der Waals surface area (Å²) < 4.78 is 10.7. The number of carbonyl (C=O) groups excluding carboxylic acids is 1. The Hall–Kier alpha value is -1.87. The quantitative estimate of drug-likeness (QED) is 0.297. The van der Waals surface area contributed by atoms with Crippen molar-refractivity contribution in [2.45, 2.75) is 33.3 Å². The minimum Gasteiger partial charge on any atom is -0.497 e. The standard InChI is InChI=1S/C18H24O3/c1-15(5-4-6-16(2)13-19)11-12-21-14-17-7-9-18(20-3)10-8-17/h6-11,13H,4-5,12,14H2,1-3H3/b15-11+,16-6+. The number of benzene rings is 1. The zero-order valence-corrected chi connectivity index (χ0v) is 13.1. The molecule has 0 aromatic heterocycles. The summed E-state index contributed by atoms with van der Waals surface area (Å²) in [7, 11) is 1.66. The van der Waals surface area contributed by atoms with Gasteiger partial charge < -0.3 is 9.47 Å². The molecule has 0 spiro atoms. The summed E-state index contributed by atoms with van der Waals surface area (Å²) in [5, 5.41) is 0. The highest BCUT2D eigenvalue weighted by molar-refractivity contribution is 5.71. The summed E-state index contributed by atoms with van der Waals surface area (Å²) in [5.41, 5.74) is 3.20. The Labute approximate surface area is 127 Å². The Kier molecular flexibility index (Phi) is 8.14. The molecule has 0 saturated carbocycles. The van der Waals surface area contributed by atoms with Crippen LogP contribution in [0.3, 0.4) is 0 Å². The number of aldehydes is 1. The summed E-state index contributed by atoms with van der Waals surface area (Å²) in [5.74, 6) is 0.855. The van der Waals surface area contributed by atoms with Gasteiger partial charge in [-0.05, 0) is 50.0 Å². The average molecular weight is 288 g/mol. The maximum Gasteiger partial charge on any atom is 0.145 e. The molecule has 3 nitrogen and oxygen atoms in total. The van der Waals surface area contributed by atoms with Crippen LogP contribution in [-0.4, -0.2) is 20.0 Å². The zero-order chi connectivity index (χ0) is 15.5. The van der Waals surface area contributed by atoms with Crippen molar-refractivity contribution in [3.8, 4) is 5.75 Å². The van der Waals surface area contributed by atoms with Crippen molar-refractivity contribution in [3.63, 3.8) is 0 Å². The topological polar surface area (TPSA) is 35.5 Å². The average Bonchev–Trinajstić information content (AvgIpc) is 2.52. The van der Waals surface area contributed by atoms with Gasteiger partial charge in [0, 0.05) is 0 Å². The first-order valence-corrected chi connectivity index (χ1v) is 7.14. The van der Waals surface area contributed by atoms with Gasteiger partial charge in [-0.1, -0.05) is 29.9 Å². The summed E-state index contributed by atoms with van der Waals surface area (Å²) >= 11 is 0. The van der Waals surface area contributed by atoms with Crippen LogP contribution in [0.5, 0.6) is 5.75 Å². The summed E-state index contributed by atoms with van der Waals surface area (Å²) in [6.45, 7) is 5.11. The number of carbonyl (C=O) groups is 1. The Morgan fingerprint density at radius 3 is 2.48 bits per heavy atom. The molecule has 114 valence electrons. The first kappa shape index (κ1) is 17.2. The summed E-state index contributed by atoms with van der Waals surface area (Å²) in [6.07, 6.45) is 6.79. The van der Waals surface area contributed by atoms with E-state index in [-0.39, 0.29) is 0 Å². The Bertz CT molecular complexity index is 484. The van der Waals surface area contributed by atoms with E-state index in [0.29, 0.717) is 13.2 Å². The lowest BCUT2D eigenvalue weighted by atomic mass is 10.1. The molecule has 0 aliphatic rings. The van der Waals surface area contributed by atoms with E-state index in [0.717, 1.165) is 36.0 Å². The predicted octanol–water partition coefficient (Wildman–Crippen LogP) is 4.08. The molecule has 0 radical (unpaired) electrons. The van der Waals surface area contributed by atoms with Gasteiger partial charge in [-0.15, -0.1) is 0 Å². The van der Waals surface area contributed by atoms with Crippen LogP contribution in [0.1, 0.15) is 32.3 Å². The summed E-state index contributed by atoms with van der Waals surface area (Å²) in [4.78, 5) is 10.5. The SMILES string of the molecule is COc1ccc(COC/C=C(\C)CC/C=C(\C)C=O)cc1. The highest BCUT2D eigenvalue weighted by Crippen LogP contribution is 2.12. The van der Waals surface area contributed by atoms with Crippen molar-refractivity contribution in [2.75, 3.05) is 13.7 Å². The number of allylic oxidation sites excluding steroid dienone is 3. The third-order valence-electron chi connectivity index (χ3n) is 3.17. The molecule has 1 aromatic carbocycles. The molecule has 3 heteroatoms. The number of hydrogen-bond acceptors (Lipinski definition) is 3. The van der Waals surface area contributed by atoms with Crippen molar-refractivity contribution in [1.82, 2.24) is 0 Å². The van der Waals surface area contributed by atoms with Crippen molar-refractivity contribution in [1.29, 1.82) is 0 Å². The fourth-order valence-electron chi connectivity index (χ4n) is 1.78. The number of methoxy groups -OCH3 is 1. The molecular weight excluding hydrogens is 264 g/mol. The van der Waals surface area contributed by atoms with Gasteiger partial charge in [0.1, 0.15) is 12.0 Å². The molecule has 0 amide bonds. The van der Waals surface area contributed by atoms with E-state index in [9.17, 15) is 4.79 Å². The highest BCUT2D eigenvalue weighted by atomic mass is 16.5. The molecule has 0 bridgehead atoms. The van der Waals surface area contributed by atoms with Crippen LogP contribution in [0.2, 0.25) is 0 Å². The van der Waals surface area contributed by atoms with E-state index >= 15 is 0 Å². The van der Waals surface area contributed by atoms with Crippen molar-refractivity contribution >= 4 is 6.29 Å². The minimum atomic E-state index is 0.595. The molecule has 0 heterocycles. The van der Waals surface area contributed by atoms with E-state index in [1.54, 1.807) is 7.11 Å². The van der Waals surface area contributed by atoms with Crippen LogP contribution in [0.25, 0.3) is 0 Å². The number of hydrogen-bond donors (Lipinski definition) is 0. The molecule has 0 N–H and O–H groups in total. The van der Waals surface area contributed by atoms with Crippen LogP contribution >= 0.6 is 0 Å². The lowest BCUT2D eigenvalue weighted by Crippen LogP contribution is -1.94. The zero-order valence-electron chi connectivity index (χ0n) is 13.1. The fraction of sp³-hybridized carbons (Fsp3) is 0.389. The molecule has 0 aliphatic heterocycles. The van der Waals surface area contributed by atoms with Gasteiger partial charge in [0.05, 0.1) is 20.3 Å². The molecule has 0 fully saturated rings. The molecule has 21 heavy (non-hydrogen) atoms. The van der Waals surface area contributed by atoms with E-state index in [2.05, 4.69) is 13.0 Å². The molecule has 0 saturated heterocycles. The first-order chi connectivity index (χ1) is 10.2. The first-order valence-electron chi connectivity index (χ1n) is 7.14. The Morgan fingerprint density at radius 2 is 1.86 bits per heavy atom. The van der Waals surface area contributed by atoms with E-state index < -0.39 is 0 Å².